The zero-order valence-electron chi connectivity index (χ0n) is 12.7. The number of amides is 2. The van der Waals surface area contributed by atoms with Crippen LogP contribution in [0.15, 0.2) is 18.2 Å². The lowest BCUT2D eigenvalue weighted by molar-refractivity contribution is -0.125. The molecule has 2 rings (SSSR count). The van der Waals surface area contributed by atoms with Crippen LogP contribution >= 0.6 is 23.2 Å². The van der Waals surface area contributed by atoms with Crippen molar-refractivity contribution in [3.63, 3.8) is 0 Å². The molecule has 120 valence electrons. The molecule has 2 atom stereocenters. The summed E-state index contributed by atoms with van der Waals surface area (Å²) in [6.07, 6.45) is 1.52. The van der Waals surface area contributed by atoms with Crippen molar-refractivity contribution in [1.29, 1.82) is 0 Å². The van der Waals surface area contributed by atoms with E-state index in [1.165, 1.54) is 0 Å². The molecule has 0 radical (unpaired) electrons. The number of anilines is 1. The zero-order valence-corrected chi connectivity index (χ0v) is 14.2. The summed E-state index contributed by atoms with van der Waals surface area (Å²) in [6, 6.07) is 4.88. The van der Waals surface area contributed by atoms with E-state index in [4.69, 9.17) is 23.2 Å². The Kier molecular flexibility index (Phi) is 5.70. The van der Waals surface area contributed by atoms with Gasteiger partial charge in [-0.3, -0.25) is 9.59 Å². The second kappa shape index (κ2) is 7.34. The van der Waals surface area contributed by atoms with Crippen molar-refractivity contribution >= 4 is 40.7 Å². The van der Waals surface area contributed by atoms with Crippen LogP contribution in [0.3, 0.4) is 0 Å². The van der Waals surface area contributed by atoms with Gasteiger partial charge in [0.1, 0.15) is 0 Å². The van der Waals surface area contributed by atoms with Crippen molar-refractivity contribution < 1.29 is 9.59 Å². The maximum absolute atomic E-state index is 12.1. The molecule has 2 N–H and O–H groups in total. The second-order valence-electron chi connectivity index (χ2n) is 6.04. The van der Waals surface area contributed by atoms with Crippen molar-refractivity contribution in [1.82, 2.24) is 5.32 Å². The molecule has 1 saturated carbocycles. The fourth-order valence-electron chi connectivity index (χ4n) is 2.21. The average Bonchev–Trinajstić information content (AvgIpc) is 3.23. The highest BCUT2D eigenvalue weighted by Crippen LogP contribution is 2.40. The van der Waals surface area contributed by atoms with E-state index in [-0.39, 0.29) is 23.7 Å². The van der Waals surface area contributed by atoms with Crippen LogP contribution < -0.4 is 10.6 Å². The van der Waals surface area contributed by atoms with Gasteiger partial charge in [0.25, 0.3) is 0 Å². The van der Waals surface area contributed by atoms with E-state index >= 15 is 0 Å². The number of hydrogen-bond acceptors (Lipinski definition) is 2. The van der Waals surface area contributed by atoms with E-state index < -0.39 is 0 Å². The van der Waals surface area contributed by atoms with Crippen molar-refractivity contribution in [2.24, 2.45) is 17.8 Å². The Balaban J connectivity index is 1.83. The lowest BCUT2D eigenvalue weighted by Gasteiger charge is -2.08. The summed E-state index contributed by atoms with van der Waals surface area (Å²) in [4.78, 5) is 24.1. The molecule has 0 saturated heterocycles. The van der Waals surface area contributed by atoms with Crippen LogP contribution in [0, 0.1) is 17.8 Å². The molecular formula is C16H20Cl2N2O2. The Labute approximate surface area is 140 Å². The third-order valence-corrected chi connectivity index (χ3v) is 4.24. The van der Waals surface area contributed by atoms with Crippen molar-refractivity contribution in [3.8, 4) is 0 Å². The molecule has 0 aliphatic heterocycles. The Morgan fingerprint density at radius 3 is 2.59 bits per heavy atom. The Bertz CT molecular complexity index is 575. The van der Waals surface area contributed by atoms with Gasteiger partial charge in [-0.1, -0.05) is 37.0 Å². The highest BCUT2D eigenvalue weighted by Gasteiger charge is 2.47. The van der Waals surface area contributed by atoms with Gasteiger partial charge in [0.05, 0.1) is 22.5 Å². The summed E-state index contributed by atoms with van der Waals surface area (Å²) in [7, 11) is 0. The third kappa shape index (κ3) is 4.62. The molecule has 1 aromatic rings. The molecule has 1 aromatic carbocycles. The molecule has 4 nitrogen and oxygen atoms in total. The molecule has 22 heavy (non-hydrogen) atoms. The second-order valence-corrected chi connectivity index (χ2v) is 6.88. The highest BCUT2D eigenvalue weighted by atomic mass is 35.5. The maximum Gasteiger partial charge on any atom is 0.228 e. The number of halogens is 2. The summed E-state index contributed by atoms with van der Waals surface area (Å²) >= 11 is 11.9. The Morgan fingerprint density at radius 2 is 1.91 bits per heavy atom. The molecule has 2 unspecified atom stereocenters. The van der Waals surface area contributed by atoms with Crippen LogP contribution in [0.25, 0.3) is 0 Å². The molecule has 0 aromatic heterocycles. The van der Waals surface area contributed by atoms with E-state index in [1.807, 2.05) is 0 Å². The van der Waals surface area contributed by atoms with Crippen LogP contribution in [0.2, 0.25) is 10.0 Å². The molecule has 0 spiro atoms. The summed E-state index contributed by atoms with van der Waals surface area (Å²) < 4.78 is 0. The smallest absolute Gasteiger partial charge is 0.228 e. The van der Waals surface area contributed by atoms with Crippen molar-refractivity contribution in [3.05, 3.63) is 28.2 Å². The minimum atomic E-state index is -0.283. The first-order valence-electron chi connectivity index (χ1n) is 7.42. The topological polar surface area (TPSA) is 58.2 Å². The SMILES string of the molecule is CC(C)CCNC(=O)C1CC1C(=O)Nc1cc(Cl)ccc1Cl. The molecular weight excluding hydrogens is 323 g/mol. The van der Waals surface area contributed by atoms with Gasteiger partial charge in [0.15, 0.2) is 0 Å². The number of carbonyl (C=O) groups excluding carboxylic acids is 2. The predicted octanol–water partition coefficient (Wildman–Crippen LogP) is 3.73. The van der Waals surface area contributed by atoms with Crippen LogP contribution in [0.4, 0.5) is 5.69 Å². The van der Waals surface area contributed by atoms with E-state index in [2.05, 4.69) is 24.5 Å². The van der Waals surface area contributed by atoms with Crippen LogP contribution in [0.1, 0.15) is 26.7 Å². The summed E-state index contributed by atoms with van der Waals surface area (Å²) in [6.45, 7) is 4.87. The summed E-state index contributed by atoms with van der Waals surface area (Å²) in [5.41, 5.74) is 0.477. The number of hydrogen-bond donors (Lipinski definition) is 2. The van der Waals surface area contributed by atoms with Crippen molar-refractivity contribution in [2.45, 2.75) is 26.7 Å². The van der Waals surface area contributed by atoms with E-state index in [0.717, 1.165) is 6.42 Å². The fourth-order valence-corrected chi connectivity index (χ4v) is 2.55. The van der Waals surface area contributed by atoms with Crippen LogP contribution in [0.5, 0.6) is 0 Å². The molecule has 1 aliphatic rings. The van der Waals surface area contributed by atoms with Gasteiger partial charge < -0.3 is 10.6 Å². The molecule has 1 fully saturated rings. The predicted molar refractivity (Wildman–Crippen MR) is 89.2 cm³/mol. The lowest BCUT2D eigenvalue weighted by atomic mass is 10.1. The normalized spacial score (nSPS) is 19.9. The number of nitrogens with one attached hydrogen (secondary N) is 2. The maximum atomic E-state index is 12.1. The summed E-state index contributed by atoms with van der Waals surface area (Å²) in [5, 5.41) is 6.54. The zero-order chi connectivity index (χ0) is 16.3. The van der Waals surface area contributed by atoms with Crippen LogP contribution in [-0.2, 0) is 9.59 Å². The average molecular weight is 343 g/mol. The monoisotopic (exact) mass is 342 g/mol. The quantitative estimate of drug-likeness (QED) is 0.827. The van der Waals surface area contributed by atoms with E-state index in [9.17, 15) is 9.59 Å². The van der Waals surface area contributed by atoms with Gasteiger partial charge in [-0.15, -0.1) is 0 Å². The first-order chi connectivity index (χ1) is 10.4. The third-order valence-electron chi connectivity index (χ3n) is 3.67. The van der Waals surface area contributed by atoms with Gasteiger partial charge in [-0.2, -0.15) is 0 Å². The first kappa shape index (κ1) is 17.1. The standard InChI is InChI=1S/C16H20Cl2N2O2/c1-9(2)5-6-19-15(21)11-8-12(11)16(22)20-14-7-10(17)3-4-13(14)18/h3-4,7,9,11-12H,5-6,8H2,1-2H3,(H,19,21)(H,20,22). The minimum Gasteiger partial charge on any atom is -0.356 e. The molecule has 2 amide bonds. The summed E-state index contributed by atoms with van der Waals surface area (Å²) in [5.74, 6) is -0.200. The van der Waals surface area contributed by atoms with Crippen molar-refractivity contribution in [2.75, 3.05) is 11.9 Å². The van der Waals surface area contributed by atoms with Gasteiger partial charge in [0.2, 0.25) is 11.8 Å². The van der Waals surface area contributed by atoms with Gasteiger partial charge >= 0.3 is 0 Å². The van der Waals surface area contributed by atoms with Crippen LogP contribution in [-0.4, -0.2) is 18.4 Å². The van der Waals surface area contributed by atoms with Gasteiger partial charge in [0, 0.05) is 11.6 Å². The highest BCUT2D eigenvalue weighted by molar-refractivity contribution is 6.35. The Hall–Kier alpha value is -1.26. The van der Waals surface area contributed by atoms with E-state index in [0.29, 0.717) is 34.6 Å². The number of carbonyl (C=O) groups is 2. The number of rotatable bonds is 6. The van der Waals surface area contributed by atoms with E-state index in [1.54, 1.807) is 18.2 Å². The van der Waals surface area contributed by atoms with Gasteiger partial charge in [-0.05, 0) is 37.0 Å². The molecule has 0 heterocycles. The molecule has 0 bridgehead atoms. The molecule has 1 aliphatic carbocycles. The Morgan fingerprint density at radius 1 is 1.23 bits per heavy atom. The lowest BCUT2D eigenvalue weighted by Crippen LogP contribution is -2.28. The largest absolute Gasteiger partial charge is 0.356 e. The minimum absolute atomic E-state index is 0.0435. The fraction of sp³-hybridized carbons (Fsp3) is 0.500. The molecule has 6 heteroatoms. The van der Waals surface area contributed by atoms with Gasteiger partial charge in [-0.25, -0.2) is 0 Å². The first-order valence-corrected chi connectivity index (χ1v) is 8.17. The number of benzene rings is 1.